The summed E-state index contributed by atoms with van der Waals surface area (Å²) in [6, 6.07) is 8.61. The Balaban J connectivity index is 2.75. The van der Waals surface area contributed by atoms with Gasteiger partial charge in [-0.2, -0.15) is 0 Å². The standard InChI is InChI=1S/C11H13O/c1-3-9-12-11-8-6-5-7-10(11)4-2/h4,6-8H,2-3,9H2,1H3. The first-order valence-electron chi connectivity index (χ1n) is 4.13. The Kier molecular flexibility index (Phi) is 3.39. The minimum absolute atomic E-state index is 0.755. The molecule has 0 amide bonds. The van der Waals surface area contributed by atoms with Gasteiger partial charge in [-0.1, -0.05) is 25.6 Å². The molecule has 0 aliphatic carbocycles. The lowest BCUT2D eigenvalue weighted by molar-refractivity contribution is 0.317. The van der Waals surface area contributed by atoms with Gasteiger partial charge < -0.3 is 4.74 Å². The number of hydrogen-bond donors (Lipinski definition) is 0. The van der Waals surface area contributed by atoms with E-state index in [1.165, 1.54) is 0 Å². The molecular weight excluding hydrogens is 148 g/mol. The van der Waals surface area contributed by atoms with Crippen LogP contribution in [0.3, 0.4) is 0 Å². The average molecular weight is 161 g/mol. The van der Waals surface area contributed by atoms with Crippen LogP contribution in [0.5, 0.6) is 5.75 Å². The van der Waals surface area contributed by atoms with Crippen LogP contribution in [0.15, 0.2) is 24.8 Å². The number of benzene rings is 1. The van der Waals surface area contributed by atoms with Crippen LogP contribution in [0.1, 0.15) is 18.9 Å². The molecule has 63 valence electrons. The van der Waals surface area contributed by atoms with Crippen molar-refractivity contribution in [1.29, 1.82) is 0 Å². The molecule has 1 radical (unpaired) electrons. The Morgan fingerprint density at radius 1 is 1.67 bits per heavy atom. The second kappa shape index (κ2) is 4.60. The highest BCUT2D eigenvalue weighted by Gasteiger charge is 1.96. The van der Waals surface area contributed by atoms with Gasteiger partial charge in [0.05, 0.1) is 6.61 Å². The summed E-state index contributed by atoms with van der Waals surface area (Å²) in [7, 11) is 0. The zero-order chi connectivity index (χ0) is 8.81. The number of ether oxygens (including phenoxy) is 1. The number of hydrogen-bond acceptors (Lipinski definition) is 1. The third kappa shape index (κ3) is 2.12. The molecule has 0 atom stereocenters. The van der Waals surface area contributed by atoms with Crippen molar-refractivity contribution in [3.63, 3.8) is 0 Å². The molecule has 0 heterocycles. The van der Waals surface area contributed by atoms with Gasteiger partial charge in [-0.3, -0.25) is 0 Å². The Hall–Kier alpha value is -1.24. The maximum absolute atomic E-state index is 5.49. The normalized spacial score (nSPS) is 9.42. The van der Waals surface area contributed by atoms with Crippen LogP contribution in [0, 0.1) is 6.07 Å². The van der Waals surface area contributed by atoms with Gasteiger partial charge >= 0.3 is 0 Å². The highest BCUT2D eigenvalue weighted by atomic mass is 16.5. The highest BCUT2D eigenvalue weighted by Crippen LogP contribution is 2.18. The van der Waals surface area contributed by atoms with Crippen LogP contribution >= 0.6 is 0 Å². The predicted octanol–water partition coefficient (Wildman–Crippen LogP) is 2.92. The van der Waals surface area contributed by atoms with Crippen molar-refractivity contribution in [2.75, 3.05) is 6.61 Å². The van der Waals surface area contributed by atoms with Crippen molar-refractivity contribution in [1.82, 2.24) is 0 Å². The van der Waals surface area contributed by atoms with E-state index in [1.54, 1.807) is 6.08 Å². The van der Waals surface area contributed by atoms with Gasteiger partial charge in [0.1, 0.15) is 5.75 Å². The second-order valence-electron chi connectivity index (χ2n) is 2.52. The fraction of sp³-hybridized carbons (Fsp3) is 0.273. The molecule has 0 saturated carbocycles. The Bertz CT molecular complexity index is 253. The summed E-state index contributed by atoms with van der Waals surface area (Å²) in [5, 5.41) is 0. The van der Waals surface area contributed by atoms with Crippen molar-refractivity contribution < 1.29 is 4.74 Å². The molecular formula is C11H13O. The first kappa shape index (κ1) is 8.85. The molecule has 0 saturated heterocycles. The van der Waals surface area contributed by atoms with Crippen LogP contribution in [-0.2, 0) is 0 Å². The molecule has 0 aliphatic rings. The average Bonchev–Trinajstić information content (AvgIpc) is 2.15. The monoisotopic (exact) mass is 161 g/mol. The molecule has 0 aliphatic heterocycles. The summed E-state index contributed by atoms with van der Waals surface area (Å²) in [6.45, 7) is 6.54. The van der Waals surface area contributed by atoms with Gasteiger partial charge in [0.2, 0.25) is 0 Å². The van der Waals surface area contributed by atoms with E-state index < -0.39 is 0 Å². The molecule has 0 spiro atoms. The van der Waals surface area contributed by atoms with E-state index >= 15 is 0 Å². The third-order valence-electron chi connectivity index (χ3n) is 1.54. The molecule has 1 aromatic rings. The quantitative estimate of drug-likeness (QED) is 0.659. The maximum atomic E-state index is 5.49. The molecule has 0 aromatic heterocycles. The first-order chi connectivity index (χ1) is 5.88. The van der Waals surface area contributed by atoms with Crippen LogP contribution in [0.2, 0.25) is 0 Å². The van der Waals surface area contributed by atoms with Gasteiger partial charge in [0.25, 0.3) is 0 Å². The maximum Gasteiger partial charge on any atom is 0.126 e. The largest absolute Gasteiger partial charge is 0.493 e. The van der Waals surface area contributed by atoms with Crippen LogP contribution in [-0.4, -0.2) is 6.61 Å². The molecule has 12 heavy (non-hydrogen) atoms. The SMILES string of the molecule is C=Cc1c[c]ccc1OCCC. The smallest absolute Gasteiger partial charge is 0.126 e. The Morgan fingerprint density at radius 3 is 3.17 bits per heavy atom. The van der Waals surface area contributed by atoms with Gasteiger partial charge in [-0.25, -0.2) is 0 Å². The summed E-state index contributed by atoms with van der Waals surface area (Å²) >= 11 is 0. The molecule has 1 heteroatoms. The van der Waals surface area contributed by atoms with E-state index in [-0.39, 0.29) is 0 Å². The van der Waals surface area contributed by atoms with Crippen molar-refractivity contribution >= 4 is 6.08 Å². The summed E-state index contributed by atoms with van der Waals surface area (Å²) in [4.78, 5) is 0. The van der Waals surface area contributed by atoms with Crippen molar-refractivity contribution in [2.45, 2.75) is 13.3 Å². The lowest BCUT2D eigenvalue weighted by atomic mass is 10.2. The van der Waals surface area contributed by atoms with E-state index in [4.69, 9.17) is 4.74 Å². The fourth-order valence-corrected chi connectivity index (χ4v) is 0.932. The summed E-state index contributed by atoms with van der Waals surface area (Å²) < 4.78 is 5.49. The zero-order valence-electron chi connectivity index (χ0n) is 7.34. The number of rotatable bonds is 4. The third-order valence-corrected chi connectivity index (χ3v) is 1.54. The van der Waals surface area contributed by atoms with Crippen LogP contribution in [0.4, 0.5) is 0 Å². The van der Waals surface area contributed by atoms with Crippen molar-refractivity contribution in [3.8, 4) is 5.75 Å². The lowest BCUT2D eigenvalue weighted by Gasteiger charge is -2.06. The van der Waals surface area contributed by atoms with Crippen molar-refractivity contribution in [3.05, 3.63) is 36.4 Å². The van der Waals surface area contributed by atoms with Crippen LogP contribution in [0.25, 0.3) is 6.08 Å². The molecule has 1 nitrogen and oxygen atoms in total. The van der Waals surface area contributed by atoms with E-state index in [9.17, 15) is 0 Å². The Morgan fingerprint density at radius 2 is 2.50 bits per heavy atom. The molecule has 0 bridgehead atoms. The van der Waals surface area contributed by atoms with Gasteiger partial charge in [-0.05, 0) is 24.6 Å². The fourth-order valence-electron chi connectivity index (χ4n) is 0.932. The van der Waals surface area contributed by atoms with Crippen molar-refractivity contribution in [2.24, 2.45) is 0 Å². The second-order valence-corrected chi connectivity index (χ2v) is 2.52. The van der Waals surface area contributed by atoms with E-state index in [0.29, 0.717) is 0 Å². The van der Waals surface area contributed by atoms with E-state index in [1.807, 2.05) is 18.2 Å². The van der Waals surface area contributed by atoms with Gasteiger partial charge in [0.15, 0.2) is 0 Å². The molecule has 0 fully saturated rings. The molecule has 0 unspecified atom stereocenters. The minimum atomic E-state index is 0.755. The minimum Gasteiger partial charge on any atom is -0.493 e. The first-order valence-corrected chi connectivity index (χ1v) is 4.13. The lowest BCUT2D eigenvalue weighted by Crippen LogP contribution is -1.96. The summed E-state index contributed by atoms with van der Waals surface area (Å²) in [5.74, 6) is 0.894. The van der Waals surface area contributed by atoms with Gasteiger partial charge in [0, 0.05) is 5.56 Å². The van der Waals surface area contributed by atoms with Gasteiger partial charge in [-0.15, -0.1) is 0 Å². The van der Waals surface area contributed by atoms with E-state index in [0.717, 1.165) is 24.3 Å². The summed E-state index contributed by atoms with van der Waals surface area (Å²) in [6.07, 6.45) is 2.80. The topological polar surface area (TPSA) is 9.23 Å². The zero-order valence-corrected chi connectivity index (χ0v) is 7.34. The summed E-state index contributed by atoms with van der Waals surface area (Å²) in [5.41, 5.74) is 1.01. The molecule has 0 N–H and O–H groups in total. The molecule has 1 rings (SSSR count). The van der Waals surface area contributed by atoms with Crippen LogP contribution < -0.4 is 4.74 Å². The Labute approximate surface area is 73.7 Å². The van der Waals surface area contributed by atoms with E-state index in [2.05, 4.69) is 19.6 Å². The highest BCUT2D eigenvalue weighted by molar-refractivity contribution is 5.54. The predicted molar refractivity (Wildman–Crippen MR) is 51.2 cm³/mol. The molecule has 1 aromatic carbocycles.